The van der Waals surface area contributed by atoms with Crippen molar-refractivity contribution in [3.63, 3.8) is 0 Å². The summed E-state index contributed by atoms with van der Waals surface area (Å²) in [5, 5.41) is 0. The summed E-state index contributed by atoms with van der Waals surface area (Å²) < 4.78 is 10.6. The van der Waals surface area contributed by atoms with E-state index in [4.69, 9.17) is 15.2 Å². The highest BCUT2D eigenvalue weighted by atomic mass is 16.5. The average molecular weight is 264 g/mol. The van der Waals surface area contributed by atoms with Crippen molar-refractivity contribution in [2.75, 3.05) is 33.0 Å². The van der Waals surface area contributed by atoms with E-state index in [-0.39, 0.29) is 12.1 Å². The fourth-order valence-electron chi connectivity index (χ4n) is 2.16. The molecule has 5 nitrogen and oxygen atoms in total. The largest absolute Gasteiger partial charge is 0.488 e. The number of carbonyl (C=O) groups excluding carboxylic acids is 1. The van der Waals surface area contributed by atoms with Crippen LogP contribution in [0.15, 0.2) is 18.2 Å². The molecule has 1 saturated heterocycles. The van der Waals surface area contributed by atoms with Crippen LogP contribution in [0.3, 0.4) is 0 Å². The fourth-order valence-corrected chi connectivity index (χ4v) is 2.16. The first-order valence-corrected chi connectivity index (χ1v) is 6.43. The van der Waals surface area contributed by atoms with Gasteiger partial charge < -0.3 is 20.1 Å². The molecule has 0 aliphatic carbocycles. The second-order valence-corrected chi connectivity index (χ2v) is 4.86. The van der Waals surface area contributed by atoms with Crippen molar-refractivity contribution in [2.45, 2.75) is 18.9 Å². The number of hydrogen-bond donors (Lipinski definition) is 1. The van der Waals surface area contributed by atoms with Gasteiger partial charge in [0, 0.05) is 13.1 Å². The molecule has 0 radical (unpaired) electrons. The Labute approximate surface area is 113 Å². The molecule has 0 bridgehead atoms. The molecule has 1 aliphatic rings. The molecule has 104 valence electrons. The number of anilines is 1. The number of methoxy groups -OCH3 is 1. The van der Waals surface area contributed by atoms with E-state index < -0.39 is 0 Å². The Morgan fingerprint density at radius 1 is 1.37 bits per heavy atom. The normalized spacial score (nSPS) is 17.2. The first-order valence-electron chi connectivity index (χ1n) is 6.43. The summed E-state index contributed by atoms with van der Waals surface area (Å²) in [6.07, 6.45) is 2.10. The molecule has 1 fully saturated rings. The Bertz CT molecular complexity index is 454. The summed E-state index contributed by atoms with van der Waals surface area (Å²) in [5.74, 6) is 0.186. The molecule has 1 aromatic rings. The van der Waals surface area contributed by atoms with E-state index in [0.717, 1.165) is 25.9 Å². The zero-order valence-electron chi connectivity index (χ0n) is 11.4. The van der Waals surface area contributed by atoms with Gasteiger partial charge in [-0.25, -0.2) is 4.79 Å². The van der Waals surface area contributed by atoms with Crippen LogP contribution >= 0.6 is 0 Å². The van der Waals surface area contributed by atoms with E-state index in [9.17, 15) is 4.79 Å². The van der Waals surface area contributed by atoms with Gasteiger partial charge in [0.05, 0.1) is 18.4 Å². The second kappa shape index (κ2) is 5.93. The van der Waals surface area contributed by atoms with Crippen LogP contribution < -0.4 is 10.5 Å². The number of esters is 1. The molecule has 1 heterocycles. The third kappa shape index (κ3) is 3.38. The molecule has 5 heteroatoms. The molecule has 2 N–H and O–H groups in total. The minimum Gasteiger partial charge on any atom is -0.488 e. The minimum absolute atomic E-state index is 0.159. The summed E-state index contributed by atoms with van der Waals surface area (Å²) in [7, 11) is 3.46. The van der Waals surface area contributed by atoms with Gasteiger partial charge in [0.25, 0.3) is 0 Å². The van der Waals surface area contributed by atoms with E-state index in [1.165, 1.54) is 7.11 Å². The molecule has 0 saturated carbocycles. The number of nitrogen functional groups attached to an aromatic ring is 1. The second-order valence-electron chi connectivity index (χ2n) is 4.86. The standard InChI is InChI=1S/C14H20N2O3/c1-16-7-5-11(6-8-16)19-13-9-10(14(17)18-2)3-4-12(13)15/h3-4,9,11H,5-8,15H2,1-2H3. The molecule has 2 rings (SSSR count). The number of benzene rings is 1. The van der Waals surface area contributed by atoms with Gasteiger partial charge in [-0.3, -0.25) is 0 Å². The maximum atomic E-state index is 11.5. The lowest BCUT2D eigenvalue weighted by molar-refractivity contribution is 0.0599. The zero-order chi connectivity index (χ0) is 13.8. The van der Waals surface area contributed by atoms with Crippen LogP contribution in [0.2, 0.25) is 0 Å². The Morgan fingerprint density at radius 3 is 2.68 bits per heavy atom. The third-order valence-corrected chi connectivity index (χ3v) is 3.39. The molecular formula is C14H20N2O3. The summed E-state index contributed by atoms with van der Waals surface area (Å²) in [6.45, 7) is 2.03. The average Bonchev–Trinajstić information content (AvgIpc) is 2.43. The summed E-state index contributed by atoms with van der Waals surface area (Å²) >= 11 is 0. The van der Waals surface area contributed by atoms with Gasteiger partial charge in [-0.05, 0) is 38.1 Å². The Balaban J connectivity index is 2.08. The highest BCUT2D eigenvalue weighted by Gasteiger charge is 2.19. The van der Waals surface area contributed by atoms with Gasteiger partial charge in [-0.2, -0.15) is 0 Å². The van der Waals surface area contributed by atoms with Gasteiger partial charge >= 0.3 is 5.97 Å². The number of likely N-dealkylation sites (tertiary alicyclic amines) is 1. The summed E-state index contributed by atoms with van der Waals surface area (Å²) in [6, 6.07) is 4.97. The van der Waals surface area contributed by atoms with Crippen LogP contribution in [-0.4, -0.2) is 44.2 Å². The Kier molecular flexibility index (Phi) is 4.27. The number of nitrogens with two attached hydrogens (primary N) is 1. The number of nitrogens with zero attached hydrogens (tertiary/aromatic N) is 1. The van der Waals surface area contributed by atoms with Gasteiger partial charge in [-0.15, -0.1) is 0 Å². The van der Waals surface area contributed by atoms with Crippen molar-refractivity contribution >= 4 is 11.7 Å². The number of hydrogen-bond acceptors (Lipinski definition) is 5. The lowest BCUT2D eigenvalue weighted by atomic mass is 10.1. The topological polar surface area (TPSA) is 64.8 Å². The van der Waals surface area contributed by atoms with E-state index in [1.807, 2.05) is 0 Å². The first-order chi connectivity index (χ1) is 9.10. The molecule has 0 aromatic heterocycles. The van der Waals surface area contributed by atoms with E-state index in [2.05, 4.69) is 11.9 Å². The van der Waals surface area contributed by atoms with Crippen LogP contribution in [-0.2, 0) is 4.74 Å². The summed E-state index contributed by atoms with van der Waals surface area (Å²) in [5.41, 5.74) is 6.89. The summed E-state index contributed by atoms with van der Waals surface area (Å²) in [4.78, 5) is 13.8. The number of carbonyl (C=O) groups is 1. The smallest absolute Gasteiger partial charge is 0.337 e. The van der Waals surface area contributed by atoms with Crippen LogP contribution in [0.1, 0.15) is 23.2 Å². The van der Waals surface area contributed by atoms with Crippen LogP contribution in [0, 0.1) is 0 Å². The molecule has 19 heavy (non-hydrogen) atoms. The number of rotatable bonds is 3. The molecule has 0 amide bonds. The van der Waals surface area contributed by atoms with Crippen molar-refractivity contribution in [1.29, 1.82) is 0 Å². The Morgan fingerprint density at radius 2 is 2.05 bits per heavy atom. The predicted octanol–water partition coefficient (Wildman–Crippen LogP) is 1.53. The van der Waals surface area contributed by atoms with Crippen LogP contribution in [0.5, 0.6) is 5.75 Å². The van der Waals surface area contributed by atoms with Crippen LogP contribution in [0.4, 0.5) is 5.69 Å². The molecule has 0 atom stereocenters. The maximum absolute atomic E-state index is 11.5. The van der Waals surface area contributed by atoms with Gasteiger partial charge in [0.15, 0.2) is 0 Å². The van der Waals surface area contributed by atoms with Gasteiger partial charge in [-0.1, -0.05) is 0 Å². The quantitative estimate of drug-likeness (QED) is 0.662. The predicted molar refractivity (Wildman–Crippen MR) is 73.3 cm³/mol. The maximum Gasteiger partial charge on any atom is 0.337 e. The zero-order valence-corrected chi connectivity index (χ0v) is 11.4. The minimum atomic E-state index is -0.381. The van der Waals surface area contributed by atoms with Crippen molar-refractivity contribution in [2.24, 2.45) is 0 Å². The first kappa shape index (κ1) is 13.7. The van der Waals surface area contributed by atoms with E-state index in [1.54, 1.807) is 18.2 Å². The number of ether oxygens (including phenoxy) is 2. The monoisotopic (exact) mass is 264 g/mol. The molecular weight excluding hydrogens is 244 g/mol. The molecule has 0 spiro atoms. The van der Waals surface area contributed by atoms with Crippen molar-refractivity contribution in [1.82, 2.24) is 4.90 Å². The lowest BCUT2D eigenvalue weighted by Crippen LogP contribution is -2.35. The highest BCUT2D eigenvalue weighted by Crippen LogP contribution is 2.26. The van der Waals surface area contributed by atoms with Gasteiger partial charge in [0.2, 0.25) is 0 Å². The van der Waals surface area contributed by atoms with Gasteiger partial charge in [0.1, 0.15) is 11.9 Å². The SMILES string of the molecule is COC(=O)c1ccc(N)c(OC2CCN(C)CC2)c1. The lowest BCUT2D eigenvalue weighted by Gasteiger charge is -2.29. The van der Waals surface area contributed by atoms with E-state index >= 15 is 0 Å². The highest BCUT2D eigenvalue weighted by molar-refractivity contribution is 5.90. The van der Waals surface area contributed by atoms with Crippen molar-refractivity contribution < 1.29 is 14.3 Å². The fraction of sp³-hybridized carbons (Fsp3) is 0.500. The molecule has 1 aliphatic heterocycles. The molecule has 1 aromatic carbocycles. The van der Waals surface area contributed by atoms with Crippen molar-refractivity contribution in [3.8, 4) is 5.75 Å². The van der Waals surface area contributed by atoms with Crippen LogP contribution in [0.25, 0.3) is 0 Å². The van der Waals surface area contributed by atoms with Crippen molar-refractivity contribution in [3.05, 3.63) is 23.8 Å². The third-order valence-electron chi connectivity index (χ3n) is 3.39. The van der Waals surface area contributed by atoms with E-state index in [0.29, 0.717) is 17.0 Å². The number of piperidine rings is 1. The molecule has 0 unspecified atom stereocenters. The Hall–Kier alpha value is -1.75.